The van der Waals surface area contributed by atoms with E-state index in [4.69, 9.17) is 5.73 Å². The number of benzene rings is 1. The molecule has 0 atom stereocenters. The van der Waals surface area contributed by atoms with E-state index in [0.29, 0.717) is 24.5 Å². The van der Waals surface area contributed by atoms with Crippen molar-refractivity contribution in [2.75, 3.05) is 41.1 Å². The van der Waals surface area contributed by atoms with Crippen LogP contribution in [0.5, 0.6) is 0 Å². The summed E-state index contributed by atoms with van der Waals surface area (Å²) in [6, 6.07) is 8.63. The number of nitrogens with two attached hydrogens (primary N) is 1. The molecule has 150 valence electrons. The number of rotatable bonds is 8. The number of primary amides is 1. The summed E-state index contributed by atoms with van der Waals surface area (Å²) < 4.78 is 1.54. The maximum absolute atomic E-state index is 12.7. The van der Waals surface area contributed by atoms with Gasteiger partial charge in [0.25, 0.3) is 11.8 Å². The van der Waals surface area contributed by atoms with E-state index in [1.165, 1.54) is 6.92 Å². The van der Waals surface area contributed by atoms with E-state index in [1.54, 1.807) is 42.1 Å². The van der Waals surface area contributed by atoms with Crippen LogP contribution in [0.3, 0.4) is 0 Å². The van der Waals surface area contributed by atoms with Crippen molar-refractivity contribution in [3.8, 4) is 0 Å². The number of nitrogens with one attached hydrogen (secondary N) is 3. The highest BCUT2D eigenvalue weighted by molar-refractivity contribution is 6.14. The topological polar surface area (TPSA) is 121 Å². The molecular formula is C19H26N6O3. The molecule has 0 fully saturated rings. The van der Waals surface area contributed by atoms with Crippen LogP contribution in [0, 0.1) is 0 Å². The summed E-state index contributed by atoms with van der Waals surface area (Å²) in [4.78, 5) is 38.7. The van der Waals surface area contributed by atoms with Crippen LogP contribution in [0.4, 0.5) is 17.3 Å². The fourth-order valence-electron chi connectivity index (χ4n) is 3.02. The zero-order valence-electron chi connectivity index (χ0n) is 16.5. The molecule has 0 unspecified atom stereocenters. The summed E-state index contributed by atoms with van der Waals surface area (Å²) in [5.41, 5.74) is 9.32. The van der Waals surface area contributed by atoms with Crippen molar-refractivity contribution in [3.05, 3.63) is 41.5 Å². The fourth-order valence-corrected chi connectivity index (χ4v) is 3.02. The van der Waals surface area contributed by atoms with Crippen molar-refractivity contribution in [2.45, 2.75) is 20.8 Å². The summed E-state index contributed by atoms with van der Waals surface area (Å²) in [6.07, 6.45) is 0. The molecule has 1 aromatic carbocycles. The van der Waals surface area contributed by atoms with E-state index in [-0.39, 0.29) is 23.0 Å². The summed E-state index contributed by atoms with van der Waals surface area (Å²) in [5, 5.41) is 5.42. The molecule has 0 saturated heterocycles. The molecule has 2 rings (SSSR count). The first-order valence-corrected chi connectivity index (χ1v) is 9.00. The lowest BCUT2D eigenvalue weighted by molar-refractivity contribution is -0.114. The lowest BCUT2D eigenvalue weighted by atomic mass is 10.2. The molecule has 3 amide bonds. The van der Waals surface area contributed by atoms with Crippen LogP contribution < -0.4 is 26.7 Å². The zero-order chi connectivity index (χ0) is 20.8. The number of hydrogen-bond acceptors (Lipinski definition) is 5. The SMILES string of the molecule is CCN(CC)c1c(C(N)=O)c(NC(C)=O)c(NC(=O)c2ccccc2)n1NC. The molecule has 0 spiro atoms. The first-order valence-electron chi connectivity index (χ1n) is 9.00. The van der Waals surface area contributed by atoms with Gasteiger partial charge in [-0.2, -0.15) is 0 Å². The van der Waals surface area contributed by atoms with Crippen LogP contribution in [0.2, 0.25) is 0 Å². The molecule has 1 aromatic heterocycles. The van der Waals surface area contributed by atoms with Gasteiger partial charge in [0.2, 0.25) is 5.91 Å². The van der Waals surface area contributed by atoms with E-state index in [0.717, 1.165) is 0 Å². The van der Waals surface area contributed by atoms with E-state index in [2.05, 4.69) is 16.1 Å². The first kappa shape index (κ1) is 20.8. The fraction of sp³-hybridized carbons (Fsp3) is 0.316. The molecule has 2 aromatic rings. The average molecular weight is 386 g/mol. The van der Waals surface area contributed by atoms with Gasteiger partial charge in [-0.3, -0.25) is 14.4 Å². The van der Waals surface area contributed by atoms with Crippen molar-refractivity contribution in [2.24, 2.45) is 5.73 Å². The van der Waals surface area contributed by atoms with Crippen LogP contribution >= 0.6 is 0 Å². The van der Waals surface area contributed by atoms with Crippen LogP contribution in [0.15, 0.2) is 30.3 Å². The Hall–Kier alpha value is -3.49. The van der Waals surface area contributed by atoms with Gasteiger partial charge in [0, 0.05) is 32.6 Å². The number of carbonyl (C=O) groups is 3. The number of nitrogens with zero attached hydrogens (tertiary/aromatic N) is 2. The van der Waals surface area contributed by atoms with Gasteiger partial charge in [0.15, 0.2) is 5.82 Å². The largest absolute Gasteiger partial charge is 0.365 e. The molecule has 0 saturated carbocycles. The van der Waals surface area contributed by atoms with Gasteiger partial charge < -0.3 is 26.7 Å². The lowest BCUT2D eigenvalue weighted by Crippen LogP contribution is -2.30. The monoisotopic (exact) mass is 386 g/mol. The highest BCUT2D eigenvalue weighted by Crippen LogP contribution is 2.38. The Morgan fingerprint density at radius 2 is 1.68 bits per heavy atom. The van der Waals surface area contributed by atoms with Crippen LogP contribution in [0.1, 0.15) is 41.5 Å². The van der Waals surface area contributed by atoms with E-state index < -0.39 is 11.8 Å². The molecular weight excluding hydrogens is 360 g/mol. The normalized spacial score (nSPS) is 10.3. The molecule has 0 aliphatic carbocycles. The lowest BCUT2D eigenvalue weighted by Gasteiger charge is -2.24. The number of hydrogen-bond donors (Lipinski definition) is 4. The second kappa shape index (κ2) is 8.94. The molecule has 5 N–H and O–H groups in total. The van der Waals surface area contributed by atoms with Crippen LogP contribution in [0.25, 0.3) is 0 Å². The van der Waals surface area contributed by atoms with Crippen molar-refractivity contribution in [1.82, 2.24) is 4.68 Å². The van der Waals surface area contributed by atoms with E-state index in [9.17, 15) is 14.4 Å². The van der Waals surface area contributed by atoms with Gasteiger partial charge in [-0.05, 0) is 26.0 Å². The Labute approximate surface area is 163 Å². The highest BCUT2D eigenvalue weighted by Gasteiger charge is 2.30. The van der Waals surface area contributed by atoms with Crippen molar-refractivity contribution < 1.29 is 14.4 Å². The van der Waals surface area contributed by atoms with Gasteiger partial charge in [-0.15, -0.1) is 0 Å². The van der Waals surface area contributed by atoms with Gasteiger partial charge in [0.05, 0.1) is 0 Å². The second-order valence-electron chi connectivity index (χ2n) is 6.02. The van der Waals surface area contributed by atoms with Gasteiger partial charge >= 0.3 is 0 Å². The predicted octanol–water partition coefficient (Wildman–Crippen LogP) is 1.82. The standard InChI is InChI=1S/C19H26N6O3/c1-5-24(6-2)19-14(16(20)27)15(22-12(3)26)17(25(19)21-4)23-18(28)13-10-8-7-9-11-13/h7-11,21H,5-6H2,1-4H3,(H2,20,27)(H,22,26)(H,23,28). The Bertz CT molecular complexity index is 872. The Balaban J connectivity index is 2.70. The Morgan fingerprint density at radius 3 is 2.14 bits per heavy atom. The minimum Gasteiger partial charge on any atom is -0.365 e. The first-order chi connectivity index (χ1) is 13.3. The average Bonchev–Trinajstić information content (AvgIpc) is 2.96. The predicted molar refractivity (Wildman–Crippen MR) is 110 cm³/mol. The molecule has 0 radical (unpaired) electrons. The molecule has 9 heteroatoms. The summed E-state index contributed by atoms with van der Waals surface area (Å²) in [7, 11) is 1.65. The minimum atomic E-state index is -0.713. The van der Waals surface area contributed by atoms with Crippen molar-refractivity contribution >= 4 is 35.0 Å². The Kier molecular flexibility index (Phi) is 6.64. The highest BCUT2D eigenvalue weighted by atomic mass is 16.2. The van der Waals surface area contributed by atoms with Crippen LogP contribution in [-0.2, 0) is 4.79 Å². The second-order valence-corrected chi connectivity index (χ2v) is 6.02. The summed E-state index contributed by atoms with van der Waals surface area (Å²) in [5.74, 6) is -0.801. The van der Waals surface area contributed by atoms with Crippen molar-refractivity contribution in [1.29, 1.82) is 0 Å². The number of anilines is 3. The molecule has 9 nitrogen and oxygen atoms in total. The summed E-state index contributed by atoms with van der Waals surface area (Å²) in [6.45, 7) is 6.37. The zero-order valence-corrected chi connectivity index (χ0v) is 16.5. The quantitative estimate of drug-likeness (QED) is 0.551. The molecule has 0 aliphatic rings. The molecule has 1 heterocycles. The van der Waals surface area contributed by atoms with Gasteiger partial charge in [0.1, 0.15) is 17.1 Å². The minimum absolute atomic E-state index is 0.122. The van der Waals surface area contributed by atoms with Crippen LogP contribution in [-0.4, -0.2) is 42.5 Å². The smallest absolute Gasteiger partial charge is 0.256 e. The number of aromatic nitrogens is 1. The number of carbonyl (C=O) groups excluding carboxylic acids is 3. The maximum atomic E-state index is 12.7. The maximum Gasteiger partial charge on any atom is 0.256 e. The van der Waals surface area contributed by atoms with E-state index in [1.807, 2.05) is 18.7 Å². The molecule has 0 aliphatic heterocycles. The molecule has 28 heavy (non-hydrogen) atoms. The van der Waals surface area contributed by atoms with E-state index >= 15 is 0 Å². The summed E-state index contributed by atoms with van der Waals surface area (Å²) >= 11 is 0. The third-order valence-electron chi connectivity index (χ3n) is 4.25. The molecule has 0 bridgehead atoms. The van der Waals surface area contributed by atoms with Crippen molar-refractivity contribution in [3.63, 3.8) is 0 Å². The third-order valence-corrected chi connectivity index (χ3v) is 4.25. The van der Waals surface area contributed by atoms with Gasteiger partial charge in [-0.1, -0.05) is 18.2 Å². The van der Waals surface area contributed by atoms with Gasteiger partial charge in [-0.25, -0.2) is 4.68 Å². The Morgan fingerprint density at radius 1 is 1.07 bits per heavy atom. The third kappa shape index (κ3) is 4.08. The number of amides is 3.